The molecule has 1 N–H and O–H groups in total. The van der Waals surface area contributed by atoms with Crippen LogP contribution >= 0.6 is 0 Å². The number of nitrogens with one attached hydrogen (secondary N) is 1. The number of ether oxygens (including phenoxy) is 1. The zero-order valence-electron chi connectivity index (χ0n) is 15.5. The smallest absolute Gasteiger partial charge is 0.221 e. The minimum Gasteiger partial charge on any atom is -0.495 e. The summed E-state index contributed by atoms with van der Waals surface area (Å²) >= 11 is 0. The number of methoxy groups -OCH3 is 1. The maximum atomic E-state index is 5.20. The van der Waals surface area contributed by atoms with Crippen molar-refractivity contribution in [1.82, 2.24) is 34.9 Å². The summed E-state index contributed by atoms with van der Waals surface area (Å²) in [7, 11) is 1.60. The molecule has 4 heterocycles. The summed E-state index contributed by atoms with van der Waals surface area (Å²) in [5.41, 5.74) is 2.93. The van der Waals surface area contributed by atoms with Gasteiger partial charge in [0.05, 0.1) is 37.9 Å². The topological polar surface area (TPSA) is 104 Å². The normalized spacial score (nSPS) is 11.1. The predicted molar refractivity (Wildman–Crippen MR) is 108 cm³/mol. The highest BCUT2D eigenvalue weighted by Gasteiger charge is 2.10. The van der Waals surface area contributed by atoms with Crippen molar-refractivity contribution in [3.05, 3.63) is 66.9 Å². The molecule has 4 aromatic heterocycles. The second kappa shape index (κ2) is 7.12. The molecule has 0 aliphatic rings. The molecule has 0 aliphatic heterocycles. The van der Waals surface area contributed by atoms with E-state index in [0.29, 0.717) is 29.4 Å². The molecule has 5 rings (SSSR count). The predicted octanol–water partition coefficient (Wildman–Crippen LogP) is 2.97. The van der Waals surface area contributed by atoms with Crippen molar-refractivity contribution in [2.45, 2.75) is 6.54 Å². The summed E-state index contributed by atoms with van der Waals surface area (Å²) in [6.45, 7) is 0.535. The van der Waals surface area contributed by atoms with Crippen molar-refractivity contribution in [3.63, 3.8) is 0 Å². The average molecular weight is 384 g/mol. The minimum atomic E-state index is 0.490. The van der Waals surface area contributed by atoms with Crippen molar-refractivity contribution in [1.29, 1.82) is 0 Å². The fourth-order valence-electron chi connectivity index (χ4n) is 3.07. The standard InChI is InChI=1S/C20H16N8O/c1-29-17-7-16(9-22-10-17)24-18-11-23-19-20(25-18)28(27-26-19)12-13-2-3-15-8-21-5-4-14(15)6-13/h2-11H,12H2,1H3,(H,24,25). The molecule has 0 aliphatic carbocycles. The number of benzene rings is 1. The Morgan fingerprint density at radius 3 is 2.90 bits per heavy atom. The fourth-order valence-corrected chi connectivity index (χ4v) is 3.07. The third-order valence-electron chi connectivity index (χ3n) is 4.49. The lowest BCUT2D eigenvalue weighted by molar-refractivity contribution is 0.413. The maximum absolute atomic E-state index is 5.20. The van der Waals surface area contributed by atoms with Crippen LogP contribution in [0.25, 0.3) is 22.1 Å². The summed E-state index contributed by atoms with van der Waals surface area (Å²) in [6.07, 6.45) is 8.57. The van der Waals surface area contributed by atoms with Crippen LogP contribution in [0.3, 0.4) is 0 Å². The van der Waals surface area contributed by atoms with Gasteiger partial charge in [-0.25, -0.2) is 14.6 Å². The maximum Gasteiger partial charge on any atom is 0.221 e. The Bertz CT molecular complexity index is 1320. The number of nitrogens with zero attached hydrogens (tertiary/aromatic N) is 7. The van der Waals surface area contributed by atoms with E-state index in [0.717, 1.165) is 22.0 Å². The van der Waals surface area contributed by atoms with Crippen LogP contribution in [0.4, 0.5) is 11.5 Å². The van der Waals surface area contributed by atoms with E-state index in [1.54, 1.807) is 36.6 Å². The number of aromatic nitrogens is 7. The summed E-state index contributed by atoms with van der Waals surface area (Å²) < 4.78 is 6.94. The lowest BCUT2D eigenvalue weighted by atomic mass is 10.1. The second-order valence-electron chi connectivity index (χ2n) is 6.45. The molecule has 142 valence electrons. The van der Waals surface area contributed by atoms with Gasteiger partial charge in [0.2, 0.25) is 5.65 Å². The van der Waals surface area contributed by atoms with Crippen molar-refractivity contribution >= 4 is 33.6 Å². The van der Waals surface area contributed by atoms with Crippen LogP contribution in [0.1, 0.15) is 5.56 Å². The Balaban J connectivity index is 1.45. The molecule has 0 saturated carbocycles. The van der Waals surface area contributed by atoms with Gasteiger partial charge in [0, 0.05) is 23.8 Å². The zero-order valence-corrected chi connectivity index (χ0v) is 15.5. The molecule has 9 heteroatoms. The van der Waals surface area contributed by atoms with Crippen molar-refractivity contribution in [2.75, 3.05) is 12.4 Å². The first-order chi connectivity index (χ1) is 14.3. The average Bonchev–Trinajstić information content (AvgIpc) is 3.16. The number of pyridine rings is 2. The molecular formula is C20H16N8O. The molecular weight excluding hydrogens is 368 g/mol. The molecule has 9 nitrogen and oxygen atoms in total. The summed E-state index contributed by atoms with van der Waals surface area (Å²) in [4.78, 5) is 17.3. The number of rotatable bonds is 5. The quantitative estimate of drug-likeness (QED) is 0.493. The van der Waals surface area contributed by atoms with Crippen LogP contribution in [0.5, 0.6) is 5.75 Å². The van der Waals surface area contributed by atoms with E-state index in [9.17, 15) is 0 Å². The molecule has 0 atom stereocenters. The van der Waals surface area contributed by atoms with Crippen molar-refractivity contribution in [3.8, 4) is 5.75 Å². The van der Waals surface area contributed by atoms with Crippen molar-refractivity contribution < 1.29 is 4.74 Å². The number of hydrogen-bond acceptors (Lipinski definition) is 8. The monoisotopic (exact) mass is 384 g/mol. The van der Waals surface area contributed by atoms with Crippen LogP contribution in [0, 0.1) is 0 Å². The van der Waals surface area contributed by atoms with Crippen LogP contribution in [0.2, 0.25) is 0 Å². The molecule has 29 heavy (non-hydrogen) atoms. The summed E-state index contributed by atoms with van der Waals surface area (Å²) in [5.74, 6) is 1.22. The van der Waals surface area contributed by atoms with E-state index < -0.39 is 0 Å². The van der Waals surface area contributed by atoms with E-state index in [2.05, 4.69) is 47.7 Å². The number of anilines is 2. The Hall–Kier alpha value is -4.14. The largest absolute Gasteiger partial charge is 0.495 e. The van der Waals surface area contributed by atoms with E-state index in [4.69, 9.17) is 4.74 Å². The van der Waals surface area contributed by atoms with Crippen LogP contribution in [-0.4, -0.2) is 42.0 Å². The molecule has 0 radical (unpaired) electrons. The molecule has 0 bridgehead atoms. The zero-order chi connectivity index (χ0) is 19.6. The Labute approximate surface area is 165 Å². The lowest BCUT2D eigenvalue weighted by Gasteiger charge is -2.07. The molecule has 0 amide bonds. The van der Waals surface area contributed by atoms with Gasteiger partial charge in [-0.1, -0.05) is 17.3 Å². The van der Waals surface area contributed by atoms with Gasteiger partial charge < -0.3 is 10.1 Å². The van der Waals surface area contributed by atoms with Gasteiger partial charge >= 0.3 is 0 Å². The SMILES string of the molecule is COc1cncc(Nc2cnc3nnn(Cc4ccc5cnccc5c4)c3n2)c1. The second-order valence-corrected chi connectivity index (χ2v) is 6.45. The fraction of sp³-hybridized carbons (Fsp3) is 0.100. The van der Waals surface area contributed by atoms with Crippen LogP contribution < -0.4 is 10.1 Å². The lowest BCUT2D eigenvalue weighted by Crippen LogP contribution is -2.04. The van der Waals surface area contributed by atoms with Gasteiger partial charge in [0.25, 0.3) is 0 Å². The molecule has 0 spiro atoms. The minimum absolute atomic E-state index is 0.490. The summed E-state index contributed by atoms with van der Waals surface area (Å²) in [5, 5.41) is 13.7. The van der Waals surface area contributed by atoms with Gasteiger partial charge in [0.1, 0.15) is 5.75 Å². The third kappa shape index (κ3) is 3.41. The van der Waals surface area contributed by atoms with Crippen LogP contribution in [-0.2, 0) is 6.54 Å². The first-order valence-corrected chi connectivity index (χ1v) is 8.93. The Morgan fingerprint density at radius 1 is 1.00 bits per heavy atom. The Morgan fingerprint density at radius 2 is 1.97 bits per heavy atom. The first-order valence-electron chi connectivity index (χ1n) is 8.93. The number of hydrogen-bond donors (Lipinski definition) is 1. The first kappa shape index (κ1) is 17.0. The van der Waals surface area contributed by atoms with E-state index in [1.165, 1.54) is 0 Å². The highest BCUT2D eigenvalue weighted by molar-refractivity contribution is 5.82. The number of fused-ring (bicyclic) bond motifs is 2. The van der Waals surface area contributed by atoms with E-state index in [1.807, 2.05) is 24.4 Å². The highest BCUT2D eigenvalue weighted by Crippen LogP contribution is 2.20. The molecule has 0 saturated heterocycles. The van der Waals surface area contributed by atoms with Gasteiger partial charge in [-0.05, 0) is 23.1 Å². The van der Waals surface area contributed by atoms with E-state index in [-0.39, 0.29) is 0 Å². The van der Waals surface area contributed by atoms with Gasteiger partial charge in [-0.15, -0.1) is 5.10 Å². The van der Waals surface area contributed by atoms with E-state index >= 15 is 0 Å². The highest BCUT2D eigenvalue weighted by atomic mass is 16.5. The molecule has 0 unspecified atom stereocenters. The molecule has 5 aromatic rings. The third-order valence-corrected chi connectivity index (χ3v) is 4.49. The van der Waals surface area contributed by atoms with Gasteiger partial charge in [-0.3, -0.25) is 9.97 Å². The summed E-state index contributed by atoms with van der Waals surface area (Å²) in [6, 6.07) is 10.0. The van der Waals surface area contributed by atoms with Crippen molar-refractivity contribution in [2.24, 2.45) is 0 Å². The van der Waals surface area contributed by atoms with Gasteiger partial charge in [0.15, 0.2) is 11.5 Å². The van der Waals surface area contributed by atoms with Crippen LogP contribution in [0.15, 0.2) is 61.3 Å². The van der Waals surface area contributed by atoms with Gasteiger partial charge in [-0.2, -0.15) is 0 Å². The Kier molecular flexibility index (Phi) is 4.17. The molecule has 1 aromatic carbocycles. The molecule has 0 fully saturated rings.